The lowest BCUT2D eigenvalue weighted by Gasteiger charge is -2.22. The Morgan fingerprint density at radius 2 is 1.71 bits per heavy atom. The van der Waals surface area contributed by atoms with Gasteiger partial charge >= 0.3 is 0 Å². The first kappa shape index (κ1) is 16.3. The standard InChI is InChI=1S/C14H17BrO5S/c1-14(2,21(3,17)18)13(16)9-7-11-12(8-10(9)15)20-6-4-5-19-11/h7-8H,4-6H2,1-3H3. The number of sulfone groups is 1. The SMILES string of the molecule is CC(C)(C(=O)c1cc2c(cc1Br)OCCCO2)S(C)(=O)=O. The van der Waals surface area contributed by atoms with E-state index in [1.165, 1.54) is 13.8 Å². The van der Waals surface area contributed by atoms with Crippen molar-refractivity contribution in [3.05, 3.63) is 22.2 Å². The number of carbonyl (C=O) groups excluding carboxylic acids is 1. The number of hydrogen-bond acceptors (Lipinski definition) is 5. The van der Waals surface area contributed by atoms with Gasteiger partial charge in [0.2, 0.25) is 0 Å². The van der Waals surface area contributed by atoms with E-state index >= 15 is 0 Å². The number of hydrogen-bond donors (Lipinski definition) is 0. The first-order valence-electron chi connectivity index (χ1n) is 6.48. The molecule has 0 aliphatic carbocycles. The summed E-state index contributed by atoms with van der Waals surface area (Å²) in [6, 6.07) is 3.19. The van der Waals surface area contributed by atoms with Gasteiger partial charge in [0.15, 0.2) is 27.1 Å². The molecule has 0 unspecified atom stereocenters. The molecule has 0 spiro atoms. The molecule has 2 rings (SSSR count). The van der Waals surface area contributed by atoms with Gasteiger partial charge in [0.05, 0.1) is 13.2 Å². The summed E-state index contributed by atoms with van der Waals surface area (Å²) >= 11 is 3.31. The molecule has 7 heteroatoms. The summed E-state index contributed by atoms with van der Waals surface area (Å²) in [5, 5.41) is 0. The van der Waals surface area contributed by atoms with E-state index in [1.54, 1.807) is 12.1 Å². The predicted octanol–water partition coefficient (Wildman–Crippen LogP) is 2.62. The van der Waals surface area contributed by atoms with Gasteiger partial charge in [0, 0.05) is 22.7 Å². The molecule has 5 nitrogen and oxygen atoms in total. The molecule has 1 aromatic rings. The van der Waals surface area contributed by atoms with E-state index in [-0.39, 0.29) is 5.56 Å². The second-order valence-electron chi connectivity index (χ2n) is 5.44. The van der Waals surface area contributed by atoms with Crippen molar-refractivity contribution < 1.29 is 22.7 Å². The van der Waals surface area contributed by atoms with Gasteiger partial charge in [-0.2, -0.15) is 0 Å². The van der Waals surface area contributed by atoms with Crippen LogP contribution in [0.5, 0.6) is 11.5 Å². The number of Topliss-reactive ketones (excluding diaryl/α,β-unsaturated/α-hetero) is 1. The van der Waals surface area contributed by atoms with Gasteiger partial charge in [-0.05, 0) is 41.9 Å². The third-order valence-electron chi connectivity index (χ3n) is 3.56. The van der Waals surface area contributed by atoms with Crippen molar-refractivity contribution in [2.75, 3.05) is 19.5 Å². The Balaban J connectivity index is 2.50. The van der Waals surface area contributed by atoms with Crippen LogP contribution in [-0.2, 0) is 9.84 Å². The molecule has 21 heavy (non-hydrogen) atoms. The highest BCUT2D eigenvalue weighted by Gasteiger charge is 2.40. The van der Waals surface area contributed by atoms with Crippen LogP contribution in [0.4, 0.5) is 0 Å². The van der Waals surface area contributed by atoms with Crippen molar-refractivity contribution in [3.63, 3.8) is 0 Å². The fourth-order valence-corrected chi connectivity index (χ4v) is 2.80. The van der Waals surface area contributed by atoms with Crippen LogP contribution in [0.15, 0.2) is 16.6 Å². The number of fused-ring (bicyclic) bond motifs is 1. The maximum Gasteiger partial charge on any atom is 0.184 e. The normalized spacial score (nSPS) is 15.4. The minimum Gasteiger partial charge on any atom is -0.490 e. The molecule has 0 saturated heterocycles. The molecule has 0 radical (unpaired) electrons. The first-order valence-corrected chi connectivity index (χ1v) is 9.16. The molecule has 0 saturated carbocycles. The Labute approximate surface area is 132 Å². The first-order chi connectivity index (χ1) is 9.64. The minimum atomic E-state index is -3.54. The molecule has 0 aromatic heterocycles. The summed E-state index contributed by atoms with van der Waals surface area (Å²) in [5.41, 5.74) is 0.273. The largest absolute Gasteiger partial charge is 0.490 e. The van der Waals surface area contributed by atoms with Gasteiger partial charge in [-0.1, -0.05) is 0 Å². The molecular weight excluding hydrogens is 360 g/mol. The second kappa shape index (κ2) is 5.61. The molecular formula is C14H17BrO5S. The quantitative estimate of drug-likeness (QED) is 0.758. The Morgan fingerprint density at radius 1 is 1.19 bits per heavy atom. The van der Waals surface area contributed by atoms with Crippen molar-refractivity contribution >= 4 is 31.6 Å². The van der Waals surface area contributed by atoms with E-state index in [2.05, 4.69) is 15.9 Å². The summed E-state index contributed by atoms with van der Waals surface area (Å²) in [5.74, 6) is 0.531. The average Bonchev–Trinajstić information content (AvgIpc) is 2.60. The Kier molecular flexibility index (Phi) is 4.35. The molecule has 0 atom stereocenters. The molecule has 1 aliphatic rings. The van der Waals surface area contributed by atoms with Crippen LogP contribution in [0.2, 0.25) is 0 Å². The van der Waals surface area contributed by atoms with E-state index in [0.29, 0.717) is 29.2 Å². The van der Waals surface area contributed by atoms with Gasteiger partial charge in [0.25, 0.3) is 0 Å². The van der Waals surface area contributed by atoms with Gasteiger partial charge in [-0.25, -0.2) is 8.42 Å². The Hall–Kier alpha value is -1.08. The third-order valence-corrected chi connectivity index (χ3v) is 6.25. The highest BCUT2D eigenvalue weighted by Crippen LogP contribution is 2.37. The smallest absolute Gasteiger partial charge is 0.184 e. The van der Waals surface area contributed by atoms with Crippen molar-refractivity contribution in [1.82, 2.24) is 0 Å². The molecule has 0 fully saturated rings. The molecule has 0 N–H and O–H groups in total. The third kappa shape index (κ3) is 3.08. The number of halogens is 1. The monoisotopic (exact) mass is 376 g/mol. The zero-order chi connectivity index (χ0) is 15.8. The highest BCUT2D eigenvalue weighted by molar-refractivity contribution is 9.10. The average molecular weight is 377 g/mol. The van der Waals surface area contributed by atoms with Gasteiger partial charge in [-0.15, -0.1) is 0 Å². The molecule has 0 bridgehead atoms. The fraction of sp³-hybridized carbons (Fsp3) is 0.500. The lowest BCUT2D eigenvalue weighted by atomic mass is 10.00. The summed E-state index contributed by atoms with van der Waals surface area (Å²) in [6.45, 7) is 3.85. The van der Waals surface area contributed by atoms with E-state index in [1.807, 2.05) is 0 Å². The molecule has 1 aromatic carbocycles. The number of rotatable bonds is 3. The van der Waals surface area contributed by atoms with Crippen LogP contribution >= 0.6 is 15.9 Å². The van der Waals surface area contributed by atoms with Crippen molar-refractivity contribution in [3.8, 4) is 11.5 Å². The van der Waals surface area contributed by atoms with Crippen LogP contribution in [0.1, 0.15) is 30.6 Å². The summed E-state index contributed by atoms with van der Waals surface area (Å²) < 4.78 is 33.7. The number of ether oxygens (including phenoxy) is 2. The molecule has 1 aliphatic heterocycles. The summed E-state index contributed by atoms with van der Waals surface area (Å²) in [6.07, 6.45) is 1.81. The van der Waals surface area contributed by atoms with E-state index < -0.39 is 20.4 Å². The van der Waals surface area contributed by atoms with Gasteiger partial charge in [-0.3, -0.25) is 4.79 Å². The van der Waals surface area contributed by atoms with Gasteiger partial charge < -0.3 is 9.47 Å². The maximum atomic E-state index is 12.6. The molecule has 1 heterocycles. The predicted molar refractivity (Wildman–Crippen MR) is 83.0 cm³/mol. The highest BCUT2D eigenvalue weighted by atomic mass is 79.9. The van der Waals surface area contributed by atoms with Gasteiger partial charge in [0.1, 0.15) is 4.75 Å². The Bertz CT molecular complexity index is 679. The second-order valence-corrected chi connectivity index (χ2v) is 8.86. The summed E-state index contributed by atoms with van der Waals surface area (Å²) in [7, 11) is -3.54. The van der Waals surface area contributed by atoms with Crippen LogP contribution in [0.3, 0.4) is 0 Å². The zero-order valence-electron chi connectivity index (χ0n) is 12.1. The molecule has 116 valence electrons. The van der Waals surface area contributed by atoms with Crippen LogP contribution < -0.4 is 9.47 Å². The topological polar surface area (TPSA) is 69.7 Å². The van der Waals surface area contributed by atoms with Crippen LogP contribution in [-0.4, -0.2) is 38.4 Å². The van der Waals surface area contributed by atoms with Crippen molar-refractivity contribution in [2.24, 2.45) is 0 Å². The summed E-state index contributed by atoms with van der Waals surface area (Å²) in [4.78, 5) is 12.6. The van der Waals surface area contributed by atoms with E-state index in [4.69, 9.17) is 9.47 Å². The zero-order valence-corrected chi connectivity index (χ0v) is 14.5. The van der Waals surface area contributed by atoms with Crippen molar-refractivity contribution in [1.29, 1.82) is 0 Å². The fourth-order valence-electron chi connectivity index (χ4n) is 1.85. The molecule has 0 amide bonds. The van der Waals surface area contributed by atoms with Crippen LogP contribution in [0.25, 0.3) is 0 Å². The lowest BCUT2D eigenvalue weighted by Crippen LogP contribution is -2.40. The van der Waals surface area contributed by atoms with Crippen LogP contribution in [0, 0.1) is 0 Å². The van der Waals surface area contributed by atoms with Crippen molar-refractivity contribution in [2.45, 2.75) is 25.0 Å². The number of ketones is 1. The van der Waals surface area contributed by atoms with E-state index in [0.717, 1.165) is 12.7 Å². The number of carbonyl (C=O) groups is 1. The number of benzene rings is 1. The van der Waals surface area contributed by atoms with E-state index in [9.17, 15) is 13.2 Å². The Morgan fingerprint density at radius 3 is 2.24 bits per heavy atom. The lowest BCUT2D eigenvalue weighted by molar-refractivity contribution is 0.0953. The minimum absolute atomic E-state index is 0.273. The maximum absolute atomic E-state index is 12.6.